The molecule has 0 N–H and O–H groups in total. The third-order valence-corrected chi connectivity index (χ3v) is 3.09. The van der Waals surface area contributed by atoms with E-state index in [1.165, 1.54) is 0 Å². The number of hydrogen-bond acceptors (Lipinski definition) is 7. The fourth-order valence-corrected chi connectivity index (χ4v) is 1.91. The summed E-state index contributed by atoms with van der Waals surface area (Å²) in [6, 6.07) is 16.4. The minimum Gasteiger partial charge on any atom is -0.430 e. The molecular weight excluding hydrogens is 328 g/mol. The lowest BCUT2D eigenvalue weighted by molar-refractivity contribution is -0.452. The van der Waals surface area contributed by atoms with Gasteiger partial charge in [0, 0.05) is 6.61 Å². The summed E-state index contributed by atoms with van der Waals surface area (Å²) in [5.41, 5.74) is 2.22. The van der Waals surface area contributed by atoms with E-state index in [9.17, 15) is 9.59 Å². The third-order valence-electron chi connectivity index (χ3n) is 3.09. The van der Waals surface area contributed by atoms with Crippen molar-refractivity contribution >= 4 is 12.1 Å². The van der Waals surface area contributed by atoms with Gasteiger partial charge in [-0.25, -0.2) is 14.5 Å². The van der Waals surface area contributed by atoms with Crippen molar-refractivity contribution in [1.82, 2.24) is 0 Å². The molecule has 0 aliphatic heterocycles. The average molecular weight is 346 g/mol. The fourth-order valence-electron chi connectivity index (χ4n) is 1.91. The second-order valence-electron chi connectivity index (χ2n) is 4.76. The van der Waals surface area contributed by atoms with Crippen molar-refractivity contribution in [1.29, 1.82) is 0 Å². The lowest BCUT2D eigenvalue weighted by atomic mass is 10.0. The number of hydrogen-bond donors (Lipinski definition) is 0. The average Bonchev–Trinajstić information content (AvgIpc) is 2.66. The first-order valence-corrected chi connectivity index (χ1v) is 7.66. The molecule has 2 aromatic carbocycles. The summed E-state index contributed by atoms with van der Waals surface area (Å²) in [7, 11) is 0. The Labute approximate surface area is 144 Å². The molecule has 7 nitrogen and oxygen atoms in total. The first-order valence-electron chi connectivity index (χ1n) is 7.66. The Morgan fingerprint density at radius 3 is 2.20 bits per heavy atom. The molecule has 2 aromatic rings. The molecule has 132 valence electrons. The summed E-state index contributed by atoms with van der Waals surface area (Å²) < 4.78 is 9.56. The highest BCUT2D eigenvalue weighted by Crippen LogP contribution is 2.19. The van der Waals surface area contributed by atoms with Crippen molar-refractivity contribution < 1.29 is 33.9 Å². The Kier molecular flexibility index (Phi) is 7.42. The first kappa shape index (κ1) is 18.4. The summed E-state index contributed by atoms with van der Waals surface area (Å²) >= 11 is 0. The molecule has 2 rings (SSSR count). The Bertz CT molecular complexity index is 668. The van der Waals surface area contributed by atoms with E-state index >= 15 is 0 Å². The maximum absolute atomic E-state index is 11.8. The Hall–Kier alpha value is -2.90. The standard InChI is InChI=1S/C18H18O7/c1-2-21-12-13-22-18(20)24-25-23-17(19)16-10-8-15(9-11-16)14-6-4-3-5-7-14/h3-11H,2,12-13H2,1H3. The van der Waals surface area contributed by atoms with Crippen LogP contribution in [0.5, 0.6) is 0 Å². The van der Waals surface area contributed by atoms with Gasteiger partial charge >= 0.3 is 12.1 Å². The van der Waals surface area contributed by atoms with E-state index in [1.807, 2.05) is 37.3 Å². The van der Waals surface area contributed by atoms with Gasteiger partial charge in [0.25, 0.3) is 0 Å². The van der Waals surface area contributed by atoms with Crippen LogP contribution in [0.2, 0.25) is 0 Å². The molecule has 0 aromatic heterocycles. The van der Waals surface area contributed by atoms with E-state index in [1.54, 1.807) is 24.3 Å². The highest BCUT2D eigenvalue weighted by Gasteiger charge is 2.12. The van der Waals surface area contributed by atoms with Gasteiger partial charge in [-0.1, -0.05) is 42.5 Å². The molecule has 0 atom stereocenters. The number of ether oxygens (including phenoxy) is 2. The normalized spacial score (nSPS) is 10.1. The first-order chi connectivity index (χ1) is 12.2. The van der Waals surface area contributed by atoms with Gasteiger partial charge in [-0.05, 0) is 30.2 Å². The zero-order valence-electron chi connectivity index (χ0n) is 13.7. The van der Waals surface area contributed by atoms with Gasteiger partial charge in [-0.15, -0.1) is 0 Å². The third kappa shape index (κ3) is 6.25. The van der Waals surface area contributed by atoms with Crippen molar-refractivity contribution in [3.63, 3.8) is 0 Å². The van der Waals surface area contributed by atoms with Crippen molar-refractivity contribution in [2.24, 2.45) is 0 Å². The largest absolute Gasteiger partial charge is 0.543 e. The quantitative estimate of drug-likeness (QED) is 0.313. The maximum Gasteiger partial charge on any atom is 0.543 e. The monoisotopic (exact) mass is 346 g/mol. The highest BCUT2D eigenvalue weighted by molar-refractivity contribution is 5.89. The SMILES string of the molecule is CCOCCOC(=O)OOOC(=O)c1ccc(-c2ccccc2)cc1. The summed E-state index contributed by atoms with van der Waals surface area (Å²) in [5.74, 6) is -0.804. The maximum atomic E-state index is 11.8. The molecular formula is C18H18O7. The van der Waals surface area contributed by atoms with Crippen molar-refractivity contribution in [3.8, 4) is 11.1 Å². The predicted molar refractivity (Wildman–Crippen MR) is 87.3 cm³/mol. The van der Waals surface area contributed by atoms with E-state index in [4.69, 9.17) is 4.74 Å². The van der Waals surface area contributed by atoms with Gasteiger partial charge in [0.1, 0.15) is 6.61 Å². The van der Waals surface area contributed by atoms with E-state index < -0.39 is 12.1 Å². The van der Waals surface area contributed by atoms with Crippen LogP contribution >= 0.6 is 0 Å². The second-order valence-corrected chi connectivity index (χ2v) is 4.76. The van der Waals surface area contributed by atoms with E-state index in [2.05, 4.69) is 19.6 Å². The van der Waals surface area contributed by atoms with E-state index in [-0.39, 0.29) is 18.8 Å². The van der Waals surface area contributed by atoms with Gasteiger partial charge in [0.15, 0.2) is 0 Å². The van der Waals surface area contributed by atoms with Gasteiger partial charge in [0.2, 0.25) is 0 Å². The van der Waals surface area contributed by atoms with Crippen LogP contribution in [0.1, 0.15) is 17.3 Å². The molecule has 0 heterocycles. The molecule has 0 saturated carbocycles. The van der Waals surface area contributed by atoms with Gasteiger partial charge in [0.05, 0.1) is 17.2 Å². The summed E-state index contributed by atoms with van der Waals surface area (Å²) in [6.45, 7) is 2.56. The van der Waals surface area contributed by atoms with Crippen LogP contribution in [-0.4, -0.2) is 31.9 Å². The molecule has 0 aliphatic carbocycles. The van der Waals surface area contributed by atoms with E-state index in [0.717, 1.165) is 11.1 Å². The molecule has 7 heteroatoms. The van der Waals surface area contributed by atoms with Crippen LogP contribution in [-0.2, 0) is 24.3 Å². The molecule has 0 radical (unpaired) electrons. The number of carbonyl (C=O) groups excluding carboxylic acids is 2. The smallest absolute Gasteiger partial charge is 0.430 e. The molecule has 0 fully saturated rings. The molecule has 25 heavy (non-hydrogen) atoms. The highest BCUT2D eigenvalue weighted by atomic mass is 17.5. The molecule has 0 spiro atoms. The molecule has 0 unspecified atom stereocenters. The van der Waals surface area contributed by atoms with Gasteiger partial charge in [-0.2, -0.15) is 0 Å². The lowest BCUT2D eigenvalue weighted by Crippen LogP contribution is -2.14. The van der Waals surface area contributed by atoms with Crippen LogP contribution in [0, 0.1) is 0 Å². The number of rotatable bonds is 8. The summed E-state index contributed by atoms with van der Waals surface area (Å²) in [6.07, 6.45) is -1.13. The van der Waals surface area contributed by atoms with Crippen molar-refractivity contribution in [2.45, 2.75) is 6.92 Å². The minimum atomic E-state index is -1.13. The Balaban J connectivity index is 1.75. The lowest BCUT2D eigenvalue weighted by Gasteiger charge is -2.05. The zero-order chi connectivity index (χ0) is 17.9. The number of benzene rings is 2. The molecule has 0 saturated heterocycles. The number of carbonyl (C=O) groups is 2. The summed E-state index contributed by atoms with van der Waals surface area (Å²) in [4.78, 5) is 31.4. The molecule has 0 bridgehead atoms. The van der Waals surface area contributed by atoms with Crippen LogP contribution < -0.4 is 0 Å². The topological polar surface area (TPSA) is 80.3 Å². The van der Waals surface area contributed by atoms with Gasteiger partial charge in [-0.3, -0.25) is 4.89 Å². The molecule has 0 amide bonds. The predicted octanol–water partition coefficient (Wildman–Crippen LogP) is 3.55. The van der Waals surface area contributed by atoms with Crippen molar-refractivity contribution in [2.75, 3.05) is 19.8 Å². The zero-order valence-corrected chi connectivity index (χ0v) is 13.7. The molecule has 0 aliphatic rings. The van der Waals surface area contributed by atoms with Crippen LogP contribution in [0.15, 0.2) is 54.6 Å². The second kappa shape index (κ2) is 10.1. The fraction of sp³-hybridized carbons (Fsp3) is 0.222. The van der Waals surface area contributed by atoms with Crippen molar-refractivity contribution in [3.05, 3.63) is 60.2 Å². The van der Waals surface area contributed by atoms with Crippen LogP contribution in [0.25, 0.3) is 11.1 Å². The Morgan fingerprint density at radius 1 is 0.840 bits per heavy atom. The summed E-state index contributed by atoms with van der Waals surface area (Å²) in [5, 5.41) is 4.12. The van der Waals surface area contributed by atoms with E-state index in [0.29, 0.717) is 6.61 Å². The van der Waals surface area contributed by atoms with Gasteiger partial charge < -0.3 is 9.47 Å². The van der Waals surface area contributed by atoms with Crippen LogP contribution in [0.3, 0.4) is 0 Å². The Morgan fingerprint density at radius 2 is 1.52 bits per heavy atom. The van der Waals surface area contributed by atoms with Crippen LogP contribution in [0.4, 0.5) is 4.79 Å². The minimum absolute atomic E-state index is 0.00489.